The maximum absolute atomic E-state index is 13.1. The Kier molecular flexibility index (Phi) is 6.41. The second kappa shape index (κ2) is 9.22. The van der Waals surface area contributed by atoms with E-state index in [-0.39, 0.29) is 15.5 Å². The standard InChI is InChI=1S/C24H23ClN2O3S/c25-21-14-13-19(17-23(21)31(29,30)27-15-7-2-8-16-27)24(28)26-22-12-6-5-11-20(22)18-9-3-1-4-10-18/h1,3-6,9-14,17H,2,7-8,15-16H2,(H,26,28). The molecule has 1 N–H and O–H groups in total. The molecule has 5 nitrogen and oxygen atoms in total. The van der Waals surface area contributed by atoms with Gasteiger partial charge in [0.15, 0.2) is 0 Å². The van der Waals surface area contributed by atoms with E-state index >= 15 is 0 Å². The van der Waals surface area contributed by atoms with E-state index < -0.39 is 15.9 Å². The Balaban J connectivity index is 1.63. The van der Waals surface area contributed by atoms with E-state index in [4.69, 9.17) is 11.6 Å². The average molecular weight is 455 g/mol. The molecule has 0 atom stereocenters. The van der Waals surface area contributed by atoms with Gasteiger partial charge in [-0.1, -0.05) is 66.6 Å². The molecule has 1 saturated heterocycles. The lowest BCUT2D eigenvalue weighted by Gasteiger charge is -2.26. The predicted molar refractivity (Wildman–Crippen MR) is 124 cm³/mol. The Labute approximate surface area is 187 Å². The highest BCUT2D eigenvalue weighted by molar-refractivity contribution is 7.89. The van der Waals surface area contributed by atoms with Gasteiger partial charge in [-0.15, -0.1) is 0 Å². The fourth-order valence-corrected chi connectivity index (χ4v) is 5.76. The topological polar surface area (TPSA) is 66.5 Å². The molecule has 1 fully saturated rings. The third-order valence-electron chi connectivity index (χ3n) is 5.39. The zero-order valence-electron chi connectivity index (χ0n) is 16.9. The molecule has 7 heteroatoms. The number of carbonyl (C=O) groups excluding carboxylic acids is 1. The summed E-state index contributed by atoms with van der Waals surface area (Å²) in [6, 6.07) is 21.6. The molecule has 0 aliphatic carbocycles. The van der Waals surface area contributed by atoms with E-state index in [1.165, 1.54) is 22.5 Å². The highest BCUT2D eigenvalue weighted by atomic mass is 35.5. The van der Waals surface area contributed by atoms with E-state index in [1.54, 1.807) is 0 Å². The molecule has 1 aliphatic rings. The average Bonchev–Trinajstić information content (AvgIpc) is 2.80. The number of carbonyl (C=O) groups is 1. The number of halogens is 1. The van der Waals surface area contributed by atoms with Crippen LogP contribution in [0.15, 0.2) is 77.7 Å². The largest absolute Gasteiger partial charge is 0.321 e. The molecular formula is C24H23ClN2O3S. The van der Waals surface area contributed by atoms with Crippen molar-refractivity contribution in [3.05, 3.63) is 83.4 Å². The smallest absolute Gasteiger partial charge is 0.255 e. The number of sulfonamides is 1. The van der Waals surface area contributed by atoms with Crippen LogP contribution in [0.5, 0.6) is 0 Å². The predicted octanol–water partition coefficient (Wildman–Crippen LogP) is 5.43. The van der Waals surface area contributed by atoms with Crippen LogP contribution in [-0.2, 0) is 10.0 Å². The van der Waals surface area contributed by atoms with Crippen LogP contribution in [0.3, 0.4) is 0 Å². The monoisotopic (exact) mass is 454 g/mol. The normalized spacial score (nSPS) is 14.9. The summed E-state index contributed by atoms with van der Waals surface area (Å²) in [5.74, 6) is -0.393. The first kappa shape index (κ1) is 21.6. The summed E-state index contributed by atoms with van der Waals surface area (Å²) < 4.78 is 27.6. The summed E-state index contributed by atoms with van der Waals surface area (Å²) in [6.45, 7) is 0.944. The number of hydrogen-bond acceptors (Lipinski definition) is 3. The van der Waals surface area contributed by atoms with Crippen LogP contribution in [0.25, 0.3) is 11.1 Å². The van der Waals surface area contributed by atoms with Gasteiger partial charge in [0.1, 0.15) is 4.90 Å². The summed E-state index contributed by atoms with van der Waals surface area (Å²) in [4.78, 5) is 13.0. The number of nitrogens with zero attached hydrogens (tertiary/aromatic N) is 1. The fourth-order valence-electron chi connectivity index (χ4n) is 3.74. The number of rotatable bonds is 5. The number of anilines is 1. The Bertz CT molecular complexity index is 1190. The van der Waals surface area contributed by atoms with E-state index in [1.807, 2.05) is 54.6 Å². The number of benzene rings is 3. The van der Waals surface area contributed by atoms with Crippen LogP contribution in [-0.4, -0.2) is 31.7 Å². The molecule has 0 aromatic heterocycles. The highest BCUT2D eigenvalue weighted by Gasteiger charge is 2.28. The number of piperidine rings is 1. The van der Waals surface area contributed by atoms with E-state index in [0.29, 0.717) is 18.8 Å². The fraction of sp³-hybridized carbons (Fsp3) is 0.208. The van der Waals surface area contributed by atoms with Gasteiger partial charge in [-0.3, -0.25) is 4.79 Å². The summed E-state index contributed by atoms with van der Waals surface area (Å²) in [5, 5.41) is 3.03. The summed E-state index contributed by atoms with van der Waals surface area (Å²) in [6.07, 6.45) is 2.67. The first-order valence-electron chi connectivity index (χ1n) is 10.2. The van der Waals surface area contributed by atoms with Crippen LogP contribution in [0.1, 0.15) is 29.6 Å². The van der Waals surface area contributed by atoms with Crippen molar-refractivity contribution in [2.75, 3.05) is 18.4 Å². The van der Waals surface area contributed by atoms with Crippen LogP contribution >= 0.6 is 11.6 Å². The minimum Gasteiger partial charge on any atom is -0.321 e. The van der Waals surface area contributed by atoms with Gasteiger partial charge in [0.2, 0.25) is 10.0 Å². The minimum absolute atomic E-state index is 0.0277. The van der Waals surface area contributed by atoms with E-state index in [0.717, 1.165) is 30.4 Å². The van der Waals surface area contributed by atoms with Crippen molar-refractivity contribution in [1.29, 1.82) is 0 Å². The number of nitrogens with one attached hydrogen (secondary N) is 1. The third-order valence-corrected chi connectivity index (χ3v) is 7.77. The van der Waals surface area contributed by atoms with Gasteiger partial charge < -0.3 is 5.32 Å². The Morgan fingerprint density at radius 1 is 0.871 bits per heavy atom. The van der Waals surface area contributed by atoms with Crippen molar-refractivity contribution < 1.29 is 13.2 Å². The first-order chi connectivity index (χ1) is 15.0. The van der Waals surface area contributed by atoms with E-state index in [2.05, 4.69) is 5.32 Å². The summed E-state index contributed by atoms with van der Waals surface area (Å²) in [7, 11) is -3.75. The molecule has 1 aliphatic heterocycles. The minimum atomic E-state index is -3.75. The Morgan fingerprint density at radius 3 is 2.29 bits per heavy atom. The zero-order chi connectivity index (χ0) is 21.8. The molecule has 0 radical (unpaired) electrons. The maximum atomic E-state index is 13.1. The van der Waals surface area contributed by atoms with Crippen molar-refractivity contribution in [3.63, 3.8) is 0 Å². The SMILES string of the molecule is O=C(Nc1ccccc1-c1ccccc1)c1ccc(Cl)c(S(=O)(=O)N2CCCCC2)c1. The van der Waals surface area contributed by atoms with Crippen LogP contribution in [0.2, 0.25) is 5.02 Å². The number of para-hydroxylation sites is 1. The summed E-state index contributed by atoms with van der Waals surface area (Å²) in [5.41, 5.74) is 2.74. The van der Waals surface area contributed by atoms with Gasteiger partial charge in [0.05, 0.1) is 5.02 Å². The molecule has 1 heterocycles. The lowest BCUT2D eigenvalue weighted by atomic mass is 10.0. The third kappa shape index (κ3) is 4.66. The molecule has 160 valence electrons. The van der Waals surface area contributed by atoms with Crippen LogP contribution in [0.4, 0.5) is 5.69 Å². The zero-order valence-corrected chi connectivity index (χ0v) is 18.5. The van der Waals surface area contributed by atoms with Gasteiger partial charge in [0.25, 0.3) is 5.91 Å². The molecular weight excluding hydrogens is 432 g/mol. The molecule has 0 saturated carbocycles. The molecule has 0 spiro atoms. The summed E-state index contributed by atoms with van der Waals surface area (Å²) >= 11 is 6.23. The first-order valence-corrected chi connectivity index (χ1v) is 12.0. The highest BCUT2D eigenvalue weighted by Crippen LogP contribution is 2.30. The maximum Gasteiger partial charge on any atom is 0.255 e. The van der Waals surface area contributed by atoms with Gasteiger partial charge >= 0.3 is 0 Å². The number of hydrogen-bond donors (Lipinski definition) is 1. The van der Waals surface area contributed by atoms with Gasteiger partial charge in [-0.05, 0) is 42.7 Å². The van der Waals surface area contributed by atoms with Gasteiger partial charge in [0, 0.05) is 29.9 Å². The molecule has 1 amide bonds. The molecule has 3 aromatic carbocycles. The van der Waals surface area contributed by atoms with Crippen molar-refractivity contribution in [2.24, 2.45) is 0 Å². The van der Waals surface area contributed by atoms with Crippen LogP contribution < -0.4 is 5.32 Å². The quantitative estimate of drug-likeness (QED) is 0.558. The van der Waals surface area contributed by atoms with Crippen molar-refractivity contribution in [3.8, 4) is 11.1 Å². The molecule has 3 aromatic rings. The van der Waals surface area contributed by atoms with Crippen molar-refractivity contribution in [2.45, 2.75) is 24.2 Å². The molecule has 4 rings (SSSR count). The molecule has 0 unspecified atom stereocenters. The second-order valence-electron chi connectivity index (χ2n) is 7.48. The van der Waals surface area contributed by atoms with Gasteiger partial charge in [-0.2, -0.15) is 4.31 Å². The van der Waals surface area contributed by atoms with Crippen LogP contribution in [0, 0.1) is 0 Å². The second-order valence-corrected chi connectivity index (χ2v) is 9.79. The Hall–Kier alpha value is -2.67. The lowest BCUT2D eigenvalue weighted by molar-refractivity contribution is 0.102. The van der Waals surface area contributed by atoms with E-state index in [9.17, 15) is 13.2 Å². The molecule has 31 heavy (non-hydrogen) atoms. The Morgan fingerprint density at radius 2 is 1.55 bits per heavy atom. The lowest BCUT2D eigenvalue weighted by Crippen LogP contribution is -2.35. The van der Waals surface area contributed by atoms with Gasteiger partial charge in [-0.25, -0.2) is 8.42 Å². The van der Waals surface area contributed by atoms with Crippen molar-refractivity contribution in [1.82, 2.24) is 4.31 Å². The number of amides is 1. The van der Waals surface area contributed by atoms with Crippen molar-refractivity contribution >= 4 is 33.2 Å². The molecule has 0 bridgehead atoms.